The summed E-state index contributed by atoms with van der Waals surface area (Å²) in [5.41, 5.74) is 0. The van der Waals surface area contributed by atoms with Crippen LogP contribution in [0.5, 0.6) is 0 Å². The van der Waals surface area contributed by atoms with Gasteiger partial charge in [0.05, 0.1) is 50.8 Å². The van der Waals surface area contributed by atoms with Crippen LogP contribution in [0.15, 0.2) is 0 Å². The van der Waals surface area contributed by atoms with Crippen molar-refractivity contribution < 1.29 is 72.6 Å². The van der Waals surface area contributed by atoms with E-state index in [1.807, 2.05) is 0 Å². The van der Waals surface area contributed by atoms with Crippen LogP contribution in [0.1, 0.15) is 245 Å². The van der Waals surface area contributed by atoms with Crippen LogP contribution in [-0.4, -0.2) is 117 Å². The molecule has 0 bridgehead atoms. The van der Waals surface area contributed by atoms with Gasteiger partial charge in [-0.2, -0.15) is 0 Å². The van der Waals surface area contributed by atoms with Crippen molar-refractivity contribution in [3.05, 3.63) is 0 Å². The molecule has 0 unspecified atom stereocenters. The number of hydrogen-bond donors (Lipinski definition) is 7. The Morgan fingerprint density at radius 2 is 0.884 bits per heavy atom. The van der Waals surface area contributed by atoms with Crippen LogP contribution in [0.25, 0.3) is 0 Å². The van der Waals surface area contributed by atoms with Gasteiger partial charge in [0.15, 0.2) is 18.5 Å². The zero-order valence-electron chi connectivity index (χ0n) is 43.3. The molecular formula is C52H100NO15P. The summed E-state index contributed by atoms with van der Waals surface area (Å²) in [4.78, 5) is 59.1. The fraction of sp³-hybridized carbons (Fsp3) is 0.942. The SMILES string of the molecule is CCCCCCCCCCC[C@@H](O)CC(=O)N[C@H]1[C@H](OCCCCOP(=O)(O)O)O[C@H](CO)[C@@H](OC(=O)C[C@H](O)CCCCCCCCCCC)[C@@H]1OC(=O)C[C@H](O)CCCCCCCCCCC. The first kappa shape index (κ1) is 65.3. The summed E-state index contributed by atoms with van der Waals surface area (Å²) in [5, 5.41) is 46.1. The van der Waals surface area contributed by atoms with E-state index in [2.05, 4.69) is 30.6 Å². The van der Waals surface area contributed by atoms with Crippen molar-refractivity contribution >= 4 is 25.7 Å². The topological polar surface area (TPSA) is 248 Å². The van der Waals surface area contributed by atoms with Crippen LogP contribution >= 0.6 is 7.82 Å². The molecule has 69 heavy (non-hydrogen) atoms. The second-order valence-corrected chi connectivity index (χ2v) is 20.8. The molecule has 8 atom stereocenters. The smallest absolute Gasteiger partial charge is 0.456 e. The number of aliphatic hydroxyl groups is 4. The Hall–Kier alpha value is -1.72. The Morgan fingerprint density at radius 1 is 0.522 bits per heavy atom. The monoisotopic (exact) mass is 1010 g/mol. The largest absolute Gasteiger partial charge is 0.469 e. The lowest BCUT2D eigenvalue weighted by atomic mass is 9.95. The number of hydrogen-bond acceptors (Lipinski definition) is 13. The van der Waals surface area contributed by atoms with E-state index in [0.717, 1.165) is 70.6 Å². The molecule has 1 fully saturated rings. The quantitative estimate of drug-likeness (QED) is 0.0170. The van der Waals surface area contributed by atoms with Gasteiger partial charge < -0.3 is 54.5 Å². The molecule has 0 aromatic carbocycles. The van der Waals surface area contributed by atoms with Crippen molar-refractivity contribution in [3.8, 4) is 0 Å². The highest BCUT2D eigenvalue weighted by Crippen LogP contribution is 2.36. The Bertz CT molecular complexity index is 1310. The van der Waals surface area contributed by atoms with E-state index in [1.54, 1.807) is 0 Å². The number of carbonyl (C=O) groups is 3. The molecule has 408 valence electrons. The highest BCUT2D eigenvalue weighted by molar-refractivity contribution is 7.46. The van der Waals surface area contributed by atoms with Gasteiger partial charge >= 0.3 is 19.8 Å². The van der Waals surface area contributed by atoms with Crippen molar-refractivity contribution in [3.63, 3.8) is 0 Å². The van der Waals surface area contributed by atoms with Crippen molar-refractivity contribution in [1.29, 1.82) is 0 Å². The third-order valence-electron chi connectivity index (χ3n) is 12.9. The minimum Gasteiger partial charge on any atom is -0.456 e. The van der Waals surface area contributed by atoms with Gasteiger partial charge in [-0.15, -0.1) is 0 Å². The van der Waals surface area contributed by atoms with E-state index < -0.39 is 81.2 Å². The molecular weight excluding hydrogens is 910 g/mol. The number of aliphatic hydroxyl groups excluding tert-OH is 4. The number of carbonyl (C=O) groups excluding carboxylic acids is 3. The summed E-state index contributed by atoms with van der Waals surface area (Å²) in [6.45, 7) is 5.51. The summed E-state index contributed by atoms with van der Waals surface area (Å²) in [6, 6.07) is -1.34. The Kier molecular flexibility index (Phi) is 40.5. The van der Waals surface area contributed by atoms with Gasteiger partial charge in [0.1, 0.15) is 12.1 Å². The molecule has 7 N–H and O–H groups in total. The number of esters is 2. The molecule has 1 aliphatic rings. The number of rotatable bonds is 47. The maximum absolute atomic E-state index is 13.7. The maximum atomic E-state index is 13.7. The molecule has 1 rings (SSSR count). The molecule has 1 saturated heterocycles. The predicted molar refractivity (Wildman–Crippen MR) is 268 cm³/mol. The third-order valence-corrected chi connectivity index (χ3v) is 13.4. The van der Waals surface area contributed by atoms with Crippen molar-refractivity contribution in [2.45, 2.75) is 294 Å². The minimum absolute atomic E-state index is 0.0748. The van der Waals surface area contributed by atoms with Crippen molar-refractivity contribution in [2.75, 3.05) is 19.8 Å². The molecule has 0 aromatic rings. The first-order chi connectivity index (χ1) is 33.2. The predicted octanol–water partition coefficient (Wildman–Crippen LogP) is 9.93. The van der Waals surface area contributed by atoms with Crippen LogP contribution in [-0.2, 0) is 42.4 Å². The van der Waals surface area contributed by atoms with Gasteiger partial charge in [-0.05, 0) is 32.1 Å². The maximum Gasteiger partial charge on any atom is 0.469 e. The molecule has 0 aromatic heterocycles. The second kappa shape index (κ2) is 42.8. The normalized spacial score (nSPS) is 19.8. The molecule has 0 radical (unpaired) electrons. The molecule has 0 spiro atoms. The van der Waals surface area contributed by atoms with Crippen molar-refractivity contribution in [2.24, 2.45) is 0 Å². The Balaban J connectivity index is 3.18. The van der Waals surface area contributed by atoms with Gasteiger partial charge in [0, 0.05) is 6.61 Å². The van der Waals surface area contributed by atoms with Gasteiger partial charge in [0.2, 0.25) is 5.91 Å². The molecule has 16 nitrogen and oxygen atoms in total. The number of ether oxygens (including phenoxy) is 4. The van der Waals surface area contributed by atoms with Gasteiger partial charge in [0.25, 0.3) is 0 Å². The minimum atomic E-state index is -4.68. The number of nitrogens with one attached hydrogen (secondary N) is 1. The molecule has 0 aliphatic carbocycles. The lowest BCUT2D eigenvalue weighted by molar-refractivity contribution is -0.278. The van der Waals surface area contributed by atoms with E-state index in [9.17, 15) is 39.4 Å². The molecule has 0 saturated carbocycles. The van der Waals surface area contributed by atoms with E-state index in [1.165, 1.54) is 96.3 Å². The number of phosphoric ester groups is 1. The summed E-state index contributed by atoms with van der Waals surface area (Å²) < 4.78 is 39.8. The first-order valence-corrected chi connectivity index (χ1v) is 29.1. The zero-order valence-corrected chi connectivity index (χ0v) is 44.2. The average molecular weight is 1010 g/mol. The van der Waals surface area contributed by atoms with Gasteiger partial charge in [-0.25, -0.2) is 4.57 Å². The highest BCUT2D eigenvalue weighted by atomic mass is 31.2. The Labute approximate surface area is 416 Å². The Morgan fingerprint density at radius 3 is 1.28 bits per heavy atom. The first-order valence-electron chi connectivity index (χ1n) is 27.5. The van der Waals surface area contributed by atoms with Crippen LogP contribution in [0.3, 0.4) is 0 Å². The third kappa shape index (κ3) is 36.0. The summed E-state index contributed by atoms with van der Waals surface area (Å²) >= 11 is 0. The van der Waals surface area contributed by atoms with Crippen LogP contribution < -0.4 is 5.32 Å². The van der Waals surface area contributed by atoms with Crippen molar-refractivity contribution in [1.82, 2.24) is 5.32 Å². The van der Waals surface area contributed by atoms with E-state index in [-0.39, 0.29) is 45.3 Å². The molecule has 1 aliphatic heterocycles. The van der Waals surface area contributed by atoms with E-state index in [0.29, 0.717) is 25.7 Å². The second-order valence-electron chi connectivity index (χ2n) is 19.6. The van der Waals surface area contributed by atoms with E-state index >= 15 is 0 Å². The van der Waals surface area contributed by atoms with Gasteiger partial charge in [-0.3, -0.25) is 18.9 Å². The van der Waals surface area contributed by atoms with Crippen LogP contribution in [0, 0.1) is 0 Å². The summed E-state index contributed by atoms with van der Waals surface area (Å²) in [7, 11) is -4.68. The summed E-state index contributed by atoms with van der Waals surface area (Å²) in [6.07, 6.45) is 21.4. The average Bonchev–Trinajstić information content (AvgIpc) is 3.29. The molecule has 1 heterocycles. The summed E-state index contributed by atoms with van der Waals surface area (Å²) in [5.74, 6) is -2.29. The lowest BCUT2D eigenvalue weighted by Gasteiger charge is -2.45. The zero-order chi connectivity index (χ0) is 51.0. The van der Waals surface area contributed by atoms with Crippen LogP contribution in [0.2, 0.25) is 0 Å². The van der Waals surface area contributed by atoms with E-state index in [4.69, 9.17) is 28.7 Å². The fourth-order valence-electron chi connectivity index (χ4n) is 8.84. The standard InChI is InChI=1S/C52H100NO15P/c1-4-7-10-13-16-19-22-25-28-33-42(55)38-46(58)53-49-51(68-48(60)40-44(57)35-30-27-24-21-18-15-12-9-6-3)50(45(41-54)66-52(49)64-36-31-32-37-65-69(61,62)63)67-47(59)39-43(56)34-29-26-23-20-17-14-11-8-5-2/h42-45,49-52,54-57H,4-41H2,1-3H3,(H,53,58)(H2,61,62,63)/t42-,43-,44-,45-,49-,50-,51-,52-/m1/s1. The fourth-order valence-corrected chi connectivity index (χ4v) is 9.20. The number of phosphoric acid groups is 1. The lowest BCUT2D eigenvalue weighted by Crippen LogP contribution is -2.67. The molecule has 17 heteroatoms. The van der Waals surface area contributed by atoms with Crippen LogP contribution in [0.4, 0.5) is 0 Å². The van der Waals surface area contributed by atoms with Gasteiger partial charge in [-0.1, -0.05) is 194 Å². The number of unbranched alkanes of at least 4 members (excludes halogenated alkanes) is 25. The highest BCUT2D eigenvalue weighted by Gasteiger charge is 2.51. The number of amides is 1. The molecule has 1 amide bonds.